The highest BCUT2D eigenvalue weighted by atomic mass is 32.2. The van der Waals surface area contributed by atoms with Gasteiger partial charge in [0.2, 0.25) is 5.88 Å². The number of nitrogen functional groups attached to an aromatic ring is 1. The van der Waals surface area contributed by atoms with Crippen molar-refractivity contribution in [2.24, 2.45) is 0 Å². The van der Waals surface area contributed by atoms with E-state index in [1.54, 1.807) is 7.11 Å². The lowest BCUT2D eigenvalue weighted by Gasteiger charge is -2.09. The maximum Gasteiger partial charge on any atom is 0.241 e. The van der Waals surface area contributed by atoms with Gasteiger partial charge in [-0.05, 0) is 25.1 Å². The van der Waals surface area contributed by atoms with E-state index >= 15 is 0 Å². The van der Waals surface area contributed by atoms with Crippen LogP contribution < -0.4 is 15.2 Å². The molecule has 0 saturated heterocycles. The van der Waals surface area contributed by atoms with Crippen molar-refractivity contribution in [2.45, 2.75) is 16.8 Å². The quantitative estimate of drug-likeness (QED) is 0.847. The predicted octanol–water partition coefficient (Wildman–Crippen LogP) is 2.62. The molecule has 1 aromatic carbocycles. The number of hydrogen-bond acceptors (Lipinski definition) is 6. The zero-order valence-corrected chi connectivity index (χ0v) is 11.6. The van der Waals surface area contributed by atoms with Crippen LogP contribution >= 0.6 is 11.8 Å². The van der Waals surface area contributed by atoms with Crippen LogP contribution in [-0.2, 0) is 0 Å². The van der Waals surface area contributed by atoms with Gasteiger partial charge in [-0.3, -0.25) is 0 Å². The number of nitrogens with zero attached hydrogens (tertiary/aromatic N) is 2. The molecule has 2 aromatic rings. The second kappa shape index (κ2) is 6.29. The summed E-state index contributed by atoms with van der Waals surface area (Å²) in [5.41, 5.74) is 6.44. The molecule has 0 atom stereocenters. The fourth-order valence-electron chi connectivity index (χ4n) is 1.47. The summed E-state index contributed by atoms with van der Waals surface area (Å²) in [4.78, 5) is 9.18. The van der Waals surface area contributed by atoms with E-state index in [2.05, 4.69) is 9.97 Å². The summed E-state index contributed by atoms with van der Waals surface area (Å²) in [5, 5.41) is 0.673. The number of rotatable bonds is 5. The highest BCUT2D eigenvalue weighted by molar-refractivity contribution is 7.99. The minimum Gasteiger partial charge on any atom is -0.497 e. The van der Waals surface area contributed by atoms with Crippen molar-refractivity contribution >= 4 is 17.4 Å². The van der Waals surface area contributed by atoms with Crippen molar-refractivity contribution < 1.29 is 9.47 Å². The lowest BCUT2D eigenvalue weighted by atomic mass is 10.3. The van der Waals surface area contributed by atoms with Crippen LogP contribution in [0.2, 0.25) is 0 Å². The van der Waals surface area contributed by atoms with Crippen LogP contribution in [0.1, 0.15) is 6.92 Å². The Kier molecular flexibility index (Phi) is 4.46. The molecule has 0 radical (unpaired) electrons. The zero-order chi connectivity index (χ0) is 13.7. The van der Waals surface area contributed by atoms with Crippen molar-refractivity contribution in [1.29, 1.82) is 0 Å². The number of hydrogen-bond donors (Lipinski definition) is 1. The normalized spacial score (nSPS) is 10.2. The van der Waals surface area contributed by atoms with Crippen molar-refractivity contribution in [3.63, 3.8) is 0 Å². The van der Waals surface area contributed by atoms with Gasteiger partial charge in [0.15, 0.2) is 0 Å². The van der Waals surface area contributed by atoms with Gasteiger partial charge < -0.3 is 15.2 Å². The number of aromatic nitrogens is 2. The average Bonchev–Trinajstić information content (AvgIpc) is 2.44. The molecule has 100 valence electrons. The Morgan fingerprint density at radius 3 is 2.89 bits per heavy atom. The Morgan fingerprint density at radius 1 is 1.32 bits per heavy atom. The Hall–Kier alpha value is -1.95. The fourth-order valence-corrected chi connectivity index (χ4v) is 2.32. The van der Waals surface area contributed by atoms with E-state index in [1.165, 1.54) is 18.1 Å². The van der Waals surface area contributed by atoms with Gasteiger partial charge in [-0.15, -0.1) is 0 Å². The Bertz CT molecular complexity index is 563. The smallest absolute Gasteiger partial charge is 0.241 e. The first-order valence-corrected chi connectivity index (χ1v) is 6.61. The molecule has 0 bridgehead atoms. The topological polar surface area (TPSA) is 70.3 Å². The Morgan fingerprint density at radius 2 is 2.16 bits per heavy atom. The molecule has 0 fully saturated rings. The summed E-state index contributed by atoms with van der Waals surface area (Å²) >= 11 is 1.45. The summed E-state index contributed by atoms with van der Waals surface area (Å²) in [7, 11) is 1.63. The van der Waals surface area contributed by atoms with E-state index in [-0.39, 0.29) is 0 Å². The van der Waals surface area contributed by atoms with Crippen LogP contribution in [0.5, 0.6) is 11.6 Å². The van der Waals surface area contributed by atoms with E-state index in [4.69, 9.17) is 15.2 Å². The van der Waals surface area contributed by atoms with Gasteiger partial charge in [0.1, 0.15) is 22.8 Å². The lowest BCUT2D eigenvalue weighted by molar-refractivity contribution is 0.327. The fraction of sp³-hybridized carbons (Fsp3) is 0.231. The molecule has 0 aliphatic carbocycles. The first kappa shape index (κ1) is 13.5. The molecule has 5 nitrogen and oxygen atoms in total. The summed E-state index contributed by atoms with van der Waals surface area (Å²) in [6, 6.07) is 7.70. The molecule has 0 saturated carbocycles. The minimum atomic E-state index is 0.419. The molecule has 0 aliphatic heterocycles. The minimum absolute atomic E-state index is 0.419. The van der Waals surface area contributed by atoms with Crippen LogP contribution in [0.4, 0.5) is 5.69 Å². The Balaban J connectivity index is 2.25. The van der Waals surface area contributed by atoms with Crippen LogP contribution in [-0.4, -0.2) is 23.7 Å². The van der Waals surface area contributed by atoms with Crippen LogP contribution in [0.25, 0.3) is 0 Å². The van der Waals surface area contributed by atoms with Crippen molar-refractivity contribution in [2.75, 3.05) is 19.5 Å². The summed E-state index contributed by atoms with van der Waals surface area (Å²) in [5.74, 6) is 1.21. The van der Waals surface area contributed by atoms with Gasteiger partial charge in [0.05, 0.1) is 13.7 Å². The maximum absolute atomic E-state index is 5.99. The average molecular weight is 277 g/mol. The first-order valence-electron chi connectivity index (χ1n) is 5.79. The molecule has 0 unspecified atom stereocenters. The van der Waals surface area contributed by atoms with Gasteiger partial charge in [-0.2, -0.15) is 4.98 Å². The predicted molar refractivity (Wildman–Crippen MR) is 74.7 cm³/mol. The third kappa shape index (κ3) is 3.29. The summed E-state index contributed by atoms with van der Waals surface area (Å²) < 4.78 is 10.5. The molecule has 0 amide bonds. The molecule has 19 heavy (non-hydrogen) atoms. The summed E-state index contributed by atoms with van der Waals surface area (Å²) in [6.45, 7) is 2.40. The lowest BCUT2D eigenvalue weighted by Crippen LogP contribution is -2.02. The molecule has 0 aliphatic rings. The van der Waals surface area contributed by atoms with Crippen molar-refractivity contribution in [3.05, 3.63) is 30.6 Å². The molecule has 0 spiro atoms. The SMILES string of the molecule is CCOc1ncnc(Sc2cccc(OC)c2)c1N. The third-order valence-corrected chi connectivity index (χ3v) is 3.36. The maximum atomic E-state index is 5.99. The number of benzene rings is 1. The molecule has 1 aromatic heterocycles. The standard InChI is InChI=1S/C13H15N3O2S/c1-3-18-12-11(14)13(16-8-15-12)19-10-6-4-5-9(7-10)17-2/h4-8H,3,14H2,1-2H3. The van der Waals surface area contributed by atoms with Gasteiger partial charge >= 0.3 is 0 Å². The highest BCUT2D eigenvalue weighted by Gasteiger charge is 2.10. The Labute approximate surface area is 116 Å². The van der Waals surface area contributed by atoms with Crippen molar-refractivity contribution in [1.82, 2.24) is 9.97 Å². The van der Waals surface area contributed by atoms with E-state index in [1.807, 2.05) is 31.2 Å². The van der Waals surface area contributed by atoms with Gasteiger partial charge in [0.25, 0.3) is 0 Å². The third-order valence-electron chi connectivity index (χ3n) is 2.35. The van der Waals surface area contributed by atoms with Gasteiger partial charge in [-0.1, -0.05) is 17.8 Å². The molecule has 1 heterocycles. The van der Waals surface area contributed by atoms with Gasteiger partial charge in [-0.25, -0.2) is 4.98 Å². The van der Waals surface area contributed by atoms with E-state index in [9.17, 15) is 0 Å². The molecular formula is C13H15N3O2S. The van der Waals surface area contributed by atoms with Crippen LogP contribution in [0.15, 0.2) is 40.5 Å². The summed E-state index contributed by atoms with van der Waals surface area (Å²) in [6.07, 6.45) is 1.45. The number of ether oxygens (including phenoxy) is 2. The second-order valence-corrected chi connectivity index (χ2v) is 4.67. The van der Waals surface area contributed by atoms with Gasteiger partial charge in [0, 0.05) is 4.90 Å². The number of nitrogens with two attached hydrogens (primary N) is 1. The second-order valence-electron chi connectivity index (χ2n) is 3.61. The number of anilines is 1. The van der Waals surface area contributed by atoms with E-state index < -0.39 is 0 Å². The molecule has 6 heteroatoms. The largest absolute Gasteiger partial charge is 0.497 e. The molecular weight excluding hydrogens is 262 g/mol. The van der Waals surface area contributed by atoms with Crippen LogP contribution in [0, 0.1) is 0 Å². The van der Waals surface area contributed by atoms with E-state index in [0.717, 1.165) is 10.6 Å². The number of methoxy groups -OCH3 is 1. The monoisotopic (exact) mass is 277 g/mol. The highest BCUT2D eigenvalue weighted by Crippen LogP contribution is 2.34. The first-order chi connectivity index (χ1) is 9.24. The zero-order valence-electron chi connectivity index (χ0n) is 10.8. The van der Waals surface area contributed by atoms with E-state index in [0.29, 0.717) is 23.2 Å². The molecule has 2 rings (SSSR count). The van der Waals surface area contributed by atoms with Crippen molar-refractivity contribution in [3.8, 4) is 11.6 Å². The van der Waals surface area contributed by atoms with Crippen LogP contribution in [0.3, 0.4) is 0 Å². The molecule has 2 N–H and O–H groups in total.